The van der Waals surface area contributed by atoms with Gasteiger partial charge in [-0.2, -0.15) is 5.10 Å². The summed E-state index contributed by atoms with van der Waals surface area (Å²) in [6.45, 7) is 3.35. The lowest BCUT2D eigenvalue weighted by atomic mass is 10.2. The number of hydrogen-bond acceptors (Lipinski definition) is 5. The van der Waals surface area contributed by atoms with Gasteiger partial charge in [0.1, 0.15) is 12.7 Å². The van der Waals surface area contributed by atoms with Gasteiger partial charge in [0.05, 0.1) is 5.56 Å². The molecule has 2 aromatic heterocycles. The lowest BCUT2D eigenvalue weighted by Gasteiger charge is -2.32. The first-order valence-electron chi connectivity index (χ1n) is 6.53. The molecule has 3 rings (SSSR count). The van der Waals surface area contributed by atoms with E-state index >= 15 is 0 Å². The summed E-state index contributed by atoms with van der Waals surface area (Å²) in [5.74, 6) is 0.688. The third-order valence-electron chi connectivity index (χ3n) is 3.44. The first kappa shape index (κ1) is 12.7. The van der Waals surface area contributed by atoms with Gasteiger partial charge in [-0.15, -0.1) is 0 Å². The van der Waals surface area contributed by atoms with Crippen molar-refractivity contribution in [1.29, 1.82) is 0 Å². The number of carbonyl (C=O) groups excluding carboxylic acids is 1. The van der Waals surface area contributed by atoms with Gasteiger partial charge in [-0.1, -0.05) is 0 Å². The fourth-order valence-corrected chi connectivity index (χ4v) is 2.17. The van der Waals surface area contributed by atoms with Crippen LogP contribution in [0.3, 0.4) is 0 Å². The first-order valence-corrected chi connectivity index (χ1v) is 6.53. The molecule has 104 valence electrons. The van der Waals surface area contributed by atoms with Gasteiger partial charge in [-0.05, 0) is 19.2 Å². The van der Waals surface area contributed by atoms with Gasteiger partial charge in [0, 0.05) is 32.4 Å². The average Bonchev–Trinajstić information content (AvgIpc) is 3.02. The quantitative estimate of drug-likeness (QED) is 0.773. The first-order chi connectivity index (χ1) is 9.74. The predicted octanol–water partition coefficient (Wildman–Crippen LogP) is 0.0499. The molecule has 7 heteroatoms. The van der Waals surface area contributed by atoms with E-state index in [2.05, 4.69) is 27.0 Å². The van der Waals surface area contributed by atoms with Crippen molar-refractivity contribution in [2.45, 2.75) is 0 Å². The smallest absolute Gasteiger partial charge is 0.255 e. The van der Waals surface area contributed by atoms with Gasteiger partial charge >= 0.3 is 0 Å². The van der Waals surface area contributed by atoms with Crippen LogP contribution in [0.25, 0.3) is 5.82 Å². The van der Waals surface area contributed by atoms with Crippen LogP contribution in [-0.4, -0.2) is 68.7 Å². The van der Waals surface area contributed by atoms with Crippen molar-refractivity contribution in [3.05, 3.63) is 36.5 Å². The SMILES string of the molecule is CN1CCN(C(=O)c2ccc(-n3cncn3)nc2)CC1. The van der Waals surface area contributed by atoms with E-state index in [0.717, 1.165) is 26.2 Å². The Morgan fingerprint density at radius 1 is 1.20 bits per heavy atom. The summed E-state index contributed by atoms with van der Waals surface area (Å²) in [7, 11) is 2.07. The summed E-state index contributed by atoms with van der Waals surface area (Å²) in [5, 5.41) is 4.00. The maximum Gasteiger partial charge on any atom is 0.255 e. The molecule has 7 nitrogen and oxygen atoms in total. The standard InChI is InChI=1S/C13H16N6O/c1-17-4-6-18(7-5-17)13(20)11-2-3-12(15-8-11)19-10-14-9-16-19/h2-3,8-10H,4-7H2,1H3. The van der Waals surface area contributed by atoms with Crippen LogP contribution in [0.1, 0.15) is 10.4 Å². The maximum atomic E-state index is 12.3. The van der Waals surface area contributed by atoms with Crippen LogP contribution >= 0.6 is 0 Å². The molecule has 0 radical (unpaired) electrons. The molecule has 20 heavy (non-hydrogen) atoms. The summed E-state index contributed by atoms with van der Waals surface area (Å²) >= 11 is 0. The van der Waals surface area contributed by atoms with Gasteiger partial charge in [0.2, 0.25) is 0 Å². The molecule has 0 saturated carbocycles. The van der Waals surface area contributed by atoms with E-state index < -0.39 is 0 Å². The van der Waals surface area contributed by atoms with Crippen molar-refractivity contribution < 1.29 is 4.79 Å². The Balaban J connectivity index is 1.73. The lowest BCUT2D eigenvalue weighted by Crippen LogP contribution is -2.47. The highest BCUT2D eigenvalue weighted by atomic mass is 16.2. The van der Waals surface area contributed by atoms with Gasteiger partial charge in [-0.3, -0.25) is 4.79 Å². The summed E-state index contributed by atoms with van der Waals surface area (Å²) in [5.41, 5.74) is 0.610. The molecule has 1 amide bonds. The van der Waals surface area contributed by atoms with Crippen LogP contribution in [0.4, 0.5) is 0 Å². The van der Waals surface area contributed by atoms with E-state index in [1.807, 2.05) is 4.90 Å². The average molecular weight is 272 g/mol. The highest BCUT2D eigenvalue weighted by Gasteiger charge is 2.20. The fourth-order valence-electron chi connectivity index (χ4n) is 2.17. The number of amides is 1. The van der Waals surface area contributed by atoms with E-state index in [1.54, 1.807) is 29.3 Å². The molecule has 1 saturated heterocycles. The van der Waals surface area contributed by atoms with E-state index in [9.17, 15) is 4.79 Å². The number of nitrogens with zero attached hydrogens (tertiary/aromatic N) is 6. The topological polar surface area (TPSA) is 67.2 Å². The van der Waals surface area contributed by atoms with Crippen molar-refractivity contribution in [1.82, 2.24) is 29.5 Å². The van der Waals surface area contributed by atoms with Crippen molar-refractivity contribution in [3.63, 3.8) is 0 Å². The van der Waals surface area contributed by atoms with Crippen LogP contribution in [0.5, 0.6) is 0 Å². The van der Waals surface area contributed by atoms with Gasteiger partial charge in [-0.25, -0.2) is 14.6 Å². The van der Waals surface area contributed by atoms with Crippen molar-refractivity contribution in [3.8, 4) is 5.82 Å². The number of likely N-dealkylation sites (N-methyl/N-ethyl adjacent to an activating group) is 1. The normalized spacial score (nSPS) is 16.4. The molecule has 0 atom stereocenters. The van der Waals surface area contributed by atoms with Crippen LogP contribution in [0.15, 0.2) is 31.0 Å². The molecule has 0 unspecified atom stereocenters. The minimum atomic E-state index is 0.0377. The van der Waals surface area contributed by atoms with Crippen LogP contribution in [0.2, 0.25) is 0 Å². The molecule has 1 aliphatic rings. The second-order valence-corrected chi connectivity index (χ2v) is 4.84. The van der Waals surface area contributed by atoms with E-state index in [0.29, 0.717) is 11.4 Å². The minimum absolute atomic E-state index is 0.0377. The Morgan fingerprint density at radius 3 is 2.60 bits per heavy atom. The Labute approximate surface area is 116 Å². The van der Waals surface area contributed by atoms with Crippen molar-refractivity contribution >= 4 is 5.91 Å². The zero-order valence-electron chi connectivity index (χ0n) is 11.3. The highest BCUT2D eigenvalue weighted by Crippen LogP contribution is 2.09. The van der Waals surface area contributed by atoms with E-state index in [-0.39, 0.29) is 5.91 Å². The van der Waals surface area contributed by atoms with Gasteiger partial charge in [0.25, 0.3) is 5.91 Å². The monoisotopic (exact) mass is 272 g/mol. The number of pyridine rings is 1. The Hall–Kier alpha value is -2.28. The van der Waals surface area contributed by atoms with Gasteiger partial charge < -0.3 is 9.80 Å². The largest absolute Gasteiger partial charge is 0.336 e. The molecule has 1 aliphatic heterocycles. The number of aromatic nitrogens is 4. The zero-order chi connectivity index (χ0) is 13.9. The second kappa shape index (κ2) is 5.38. The van der Waals surface area contributed by atoms with E-state index in [4.69, 9.17) is 0 Å². The maximum absolute atomic E-state index is 12.3. The molecular weight excluding hydrogens is 256 g/mol. The summed E-state index contributed by atoms with van der Waals surface area (Å²) < 4.78 is 1.56. The number of piperazine rings is 1. The van der Waals surface area contributed by atoms with E-state index in [1.165, 1.54) is 6.33 Å². The molecule has 2 aromatic rings. The number of carbonyl (C=O) groups is 1. The molecule has 0 spiro atoms. The number of rotatable bonds is 2. The Morgan fingerprint density at radius 2 is 2.00 bits per heavy atom. The van der Waals surface area contributed by atoms with Crippen LogP contribution < -0.4 is 0 Å². The molecule has 1 fully saturated rings. The highest BCUT2D eigenvalue weighted by molar-refractivity contribution is 5.94. The molecule has 0 bridgehead atoms. The molecule has 0 aliphatic carbocycles. The third-order valence-corrected chi connectivity index (χ3v) is 3.44. The fraction of sp³-hybridized carbons (Fsp3) is 0.385. The molecule has 3 heterocycles. The lowest BCUT2D eigenvalue weighted by molar-refractivity contribution is 0.0663. The predicted molar refractivity (Wildman–Crippen MR) is 72.6 cm³/mol. The molecular formula is C13H16N6O. The second-order valence-electron chi connectivity index (χ2n) is 4.84. The Bertz CT molecular complexity index is 571. The van der Waals surface area contributed by atoms with Crippen LogP contribution in [-0.2, 0) is 0 Å². The summed E-state index contributed by atoms with van der Waals surface area (Å²) in [6, 6.07) is 3.56. The zero-order valence-corrected chi connectivity index (χ0v) is 11.3. The van der Waals surface area contributed by atoms with Crippen LogP contribution in [0, 0.1) is 0 Å². The minimum Gasteiger partial charge on any atom is -0.336 e. The third kappa shape index (κ3) is 2.53. The van der Waals surface area contributed by atoms with Crippen molar-refractivity contribution in [2.24, 2.45) is 0 Å². The molecule has 0 aromatic carbocycles. The Kier molecular flexibility index (Phi) is 3.42. The summed E-state index contributed by atoms with van der Waals surface area (Å²) in [4.78, 5) is 24.5. The summed E-state index contributed by atoms with van der Waals surface area (Å²) in [6.07, 6.45) is 4.62. The van der Waals surface area contributed by atoms with Crippen molar-refractivity contribution in [2.75, 3.05) is 33.2 Å². The number of hydrogen-bond donors (Lipinski definition) is 0. The molecule has 0 N–H and O–H groups in total. The van der Waals surface area contributed by atoms with Gasteiger partial charge in [0.15, 0.2) is 5.82 Å².